The summed E-state index contributed by atoms with van der Waals surface area (Å²) >= 11 is 3.13. The van der Waals surface area contributed by atoms with E-state index in [9.17, 15) is 14.0 Å². The van der Waals surface area contributed by atoms with Crippen LogP contribution in [-0.2, 0) is 16.1 Å². The Morgan fingerprint density at radius 3 is 2.61 bits per heavy atom. The number of rotatable bonds is 6. The van der Waals surface area contributed by atoms with Crippen molar-refractivity contribution < 1.29 is 18.7 Å². The summed E-state index contributed by atoms with van der Waals surface area (Å²) in [7, 11) is 0. The van der Waals surface area contributed by atoms with E-state index in [0.29, 0.717) is 16.0 Å². The fourth-order valence-electron chi connectivity index (χ4n) is 2.09. The van der Waals surface area contributed by atoms with E-state index in [2.05, 4.69) is 42.2 Å². The molecule has 3 rings (SSSR count). The van der Waals surface area contributed by atoms with Crippen molar-refractivity contribution in [1.29, 1.82) is 0 Å². The summed E-state index contributed by atoms with van der Waals surface area (Å²) < 4.78 is 18.6. The highest BCUT2D eigenvalue weighted by atomic mass is 79.9. The van der Waals surface area contributed by atoms with E-state index in [4.69, 9.17) is 4.74 Å². The molecule has 1 aromatic heterocycles. The van der Waals surface area contributed by atoms with Crippen LogP contribution in [0, 0.1) is 5.82 Å². The third-order valence-electron chi connectivity index (χ3n) is 3.36. The van der Waals surface area contributed by atoms with Gasteiger partial charge in [0, 0.05) is 5.56 Å². The molecule has 0 radical (unpaired) electrons. The Morgan fingerprint density at radius 2 is 1.86 bits per heavy atom. The molecule has 11 heteroatoms. The van der Waals surface area contributed by atoms with Gasteiger partial charge in [-0.2, -0.15) is 4.80 Å². The number of halogens is 2. The quantitative estimate of drug-likeness (QED) is 0.552. The van der Waals surface area contributed by atoms with Crippen molar-refractivity contribution in [1.82, 2.24) is 31.1 Å². The maximum Gasteiger partial charge on any atom is 0.276 e. The molecule has 0 bridgehead atoms. The molecular weight excluding hydrogens is 435 g/mol. The molecule has 0 unspecified atom stereocenters. The van der Waals surface area contributed by atoms with Crippen molar-refractivity contribution in [3.8, 4) is 17.1 Å². The normalized spacial score (nSPS) is 10.4. The molecular formula is C17H14BrFN6O3. The minimum atomic E-state index is -0.596. The Balaban J connectivity index is 1.44. The van der Waals surface area contributed by atoms with Gasteiger partial charge in [-0.05, 0) is 39.3 Å². The summed E-state index contributed by atoms with van der Waals surface area (Å²) in [4.78, 5) is 24.7. The van der Waals surface area contributed by atoms with Gasteiger partial charge in [0.2, 0.25) is 5.82 Å². The molecule has 2 N–H and O–H groups in total. The number of nitrogens with zero attached hydrogens (tertiary/aromatic N) is 4. The van der Waals surface area contributed by atoms with E-state index in [0.717, 1.165) is 10.4 Å². The number of carbonyl (C=O) groups excluding carboxylic acids is 2. The van der Waals surface area contributed by atoms with E-state index in [-0.39, 0.29) is 13.2 Å². The number of hydrogen-bond donors (Lipinski definition) is 2. The number of aromatic nitrogens is 4. The lowest BCUT2D eigenvalue weighted by atomic mass is 10.2. The van der Waals surface area contributed by atoms with Crippen LogP contribution in [0.1, 0.15) is 0 Å². The monoisotopic (exact) mass is 448 g/mol. The Labute approximate surface area is 167 Å². The second kappa shape index (κ2) is 9.04. The standard InChI is InChI=1S/C17H14BrFN6O3/c18-13-8-12(19)6-7-14(13)28-10-16(27)21-20-15(26)9-25-23-17(22-24-25)11-4-2-1-3-5-11/h1-8H,9-10H2,(H,20,26)(H,21,27). The zero-order valence-corrected chi connectivity index (χ0v) is 15.9. The summed E-state index contributed by atoms with van der Waals surface area (Å²) in [6.45, 7) is -0.602. The topological polar surface area (TPSA) is 111 Å². The molecule has 0 fully saturated rings. The predicted octanol–water partition coefficient (Wildman–Crippen LogP) is 1.47. The lowest BCUT2D eigenvalue weighted by Gasteiger charge is -2.09. The highest BCUT2D eigenvalue weighted by molar-refractivity contribution is 9.10. The molecule has 2 amide bonds. The van der Waals surface area contributed by atoms with Gasteiger partial charge in [0.05, 0.1) is 4.47 Å². The van der Waals surface area contributed by atoms with Crippen molar-refractivity contribution in [2.45, 2.75) is 6.54 Å². The van der Waals surface area contributed by atoms with Crippen LogP contribution >= 0.6 is 15.9 Å². The Kier molecular flexibility index (Phi) is 6.27. The van der Waals surface area contributed by atoms with Gasteiger partial charge < -0.3 is 4.74 Å². The first kappa shape index (κ1) is 19.4. The number of nitrogens with one attached hydrogen (secondary N) is 2. The maximum atomic E-state index is 13.0. The molecule has 3 aromatic rings. The molecule has 0 aliphatic heterocycles. The van der Waals surface area contributed by atoms with E-state index in [1.807, 2.05) is 30.3 Å². The summed E-state index contributed by atoms with van der Waals surface area (Å²) in [6, 6.07) is 13.0. The summed E-state index contributed by atoms with van der Waals surface area (Å²) in [5.41, 5.74) is 5.19. The first-order valence-corrected chi connectivity index (χ1v) is 8.79. The zero-order valence-electron chi connectivity index (χ0n) is 14.3. The molecule has 0 aliphatic rings. The number of tetrazole rings is 1. The number of benzene rings is 2. The molecule has 0 aliphatic carbocycles. The molecule has 28 heavy (non-hydrogen) atoms. The van der Waals surface area contributed by atoms with Crippen molar-refractivity contribution in [2.75, 3.05) is 6.61 Å². The largest absolute Gasteiger partial charge is 0.483 e. The smallest absolute Gasteiger partial charge is 0.276 e. The minimum Gasteiger partial charge on any atom is -0.483 e. The van der Waals surface area contributed by atoms with Gasteiger partial charge in [-0.25, -0.2) is 4.39 Å². The SMILES string of the molecule is O=C(COc1ccc(F)cc1Br)NNC(=O)Cn1nnc(-c2ccccc2)n1. The predicted molar refractivity (Wildman–Crippen MR) is 99.1 cm³/mol. The number of carbonyl (C=O) groups is 2. The summed E-state index contributed by atoms with van der Waals surface area (Å²) in [5.74, 6) is -0.902. The fourth-order valence-corrected chi connectivity index (χ4v) is 2.56. The highest BCUT2D eigenvalue weighted by Gasteiger charge is 2.11. The summed E-state index contributed by atoms with van der Waals surface area (Å²) in [5, 5.41) is 11.8. The van der Waals surface area contributed by atoms with Crippen LogP contribution in [-0.4, -0.2) is 38.6 Å². The Bertz CT molecular complexity index is 982. The van der Waals surface area contributed by atoms with E-state index in [1.165, 1.54) is 18.2 Å². The third-order valence-corrected chi connectivity index (χ3v) is 3.98. The van der Waals surface area contributed by atoms with Crippen LogP contribution in [0.5, 0.6) is 5.75 Å². The van der Waals surface area contributed by atoms with Crippen LogP contribution < -0.4 is 15.6 Å². The number of ether oxygens (including phenoxy) is 1. The molecule has 1 heterocycles. The molecule has 144 valence electrons. The maximum absolute atomic E-state index is 13.0. The second-order valence-electron chi connectivity index (χ2n) is 5.47. The average Bonchev–Trinajstić information content (AvgIpc) is 3.15. The van der Waals surface area contributed by atoms with E-state index >= 15 is 0 Å². The first-order chi connectivity index (χ1) is 13.5. The lowest BCUT2D eigenvalue weighted by molar-refractivity contribution is -0.130. The Morgan fingerprint density at radius 1 is 1.11 bits per heavy atom. The van der Waals surface area contributed by atoms with Gasteiger partial charge in [0.15, 0.2) is 6.61 Å². The zero-order chi connectivity index (χ0) is 19.9. The van der Waals surface area contributed by atoms with Crippen LogP contribution in [0.25, 0.3) is 11.4 Å². The van der Waals surface area contributed by atoms with Gasteiger partial charge in [-0.1, -0.05) is 30.3 Å². The molecule has 0 atom stereocenters. The van der Waals surface area contributed by atoms with Crippen LogP contribution in [0.2, 0.25) is 0 Å². The molecule has 0 saturated carbocycles. The van der Waals surface area contributed by atoms with Crippen LogP contribution in [0.4, 0.5) is 4.39 Å². The van der Waals surface area contributed by atoms with Crippen LogP contribution in [0.3, 0.4) is 0 Å². The fraction of sp³-hybridized carbons (Fsp3) is 0.118. The average molecular weight is 449 g/mol. The minimum absolute atomic E-state index is 0.232. The first-order valence-electron chi connectivity index (χ1n) is 8.00. The number of amides is 2. The van der Waals surface area contributed by atoms with Gasteiger partial charge >= 0.3 is 0 Å². The van der Waals surface area contributed by atoms with Crippen molar-refractivity contribution in [3.05, 3.63) is 58.8 Å². The van der Waals surface area contributed by atoms with Crippen molar-refractivity contribution >= 4 is 27.7 Å². The van der Waals surface area contributed by atoms with Gasteiger partial charge in [-0.3, -0.25) is 20.4 Å². The summed E-state index contributed by atoms with van der Waals surface area (Å²) in [6.07, 6.45) is 0. The lowest BCUT2D eigenvalue weighted by Crippen LogP contribution is -2.45. The number of hydrazine groups is 1. The van der Waals surface area contributed by atoms with E-state index in [1.54, 1.807) is 0 Å². The van der Waals surface area contributed by atoms with Gasteiger partial charge in [0.1, 0.15) is 18.1 Å². The van der Waals surface area contributed by atoms with Gasteiger partial charge in [0.25, 0.3) is 11.8 Å². The van der Waals surface area contributed by atoms with Crippen LogP contribution in [0.15, 0.2) is 53.0 Å². The molecule has 0 saturated heterocycles. The molecule has 0 spiro atoms. The molecule has 2 aromatic carbocycles. The molecule has 9 nitrogen and oxygen atoms in total. The Hall–Kier alpha value is -3.34. The number of hydrogen-bond acceptors (Lipinski definition) is 6. The highest BCUT2D eigenvalue weighted by Crippen LogP contribution is 2.25. The third kappa shape index (κ3) is 5.33. The second-order valence-corrected chi connectivity index (χ2v) is 6.32. The van der Waals surface area contributed by atoms with Crippen molar-refractivity contribution in [3.63, 3.8) is 0 Å². The van der Waals surface area contributed by atoms with E-state index < -0.39 is 17.6 Å². The van der Waals surface area contributed by atoms with Crippen molar-refractivity contribution in [2.24, 2.45) is 0 Å². The van der Waals surface area contributed by atoms with Gasteiger partial charge in [-0.15, -0.1) is 10.2 Å².